The highest BCUT2D eigenvalue weighted by Gasteiger charge is 2.32. The number of hydrogen-bond acceptors (Lipinski definition) is 10. The molecule has 2 amide bonds. The molecule has 0 aliphatic carbocycles. The van der Waals surface area contributed by atoms with Crippen LogP contribution < -0.4 is 26.0 Å². The van der Waals surface area contributed by atoms with Gasteiger partial charge < -0.3 is 36.1 Å². The number of nitrogens with zero attached hydrogens (tertiary/aromatic N) is 2. The zero-order valence-electron chi connectivity index (χ0n) is 28.7. The fraction of sp³-hybridized carbons (Fsp3) is 0.278. The number of sulfone groups is 1. The fourth-order valence-electron chi connectivity index (χ4n) is 6.09. The van der Waals surface area contributed by atoms with Crippen LogP contribution in [0.1, 0.15) is 62.5 Å². The maximum absolute atomic E-state index is 15.4. The number of ether oxygens (including phenoxy) is 1. The number of nitrogens with two attached hydrogens (primary N) is 1. The number of amides is 2. The third-order valence-electron chi connectivity index (χ3n) is 8.21. The second-order valence-corrected chi connectivity index (χ2v) is 14.4. The molecule has 13 nitrogen and oxygen atoms in total. The molecule has 52 heavy (non-hydrogen) atoms. The first kappa shape index (κ1) is 37.6. The number of benzene rings is 2. The number of nitrogens with one attached hydrogen (secondary N) is 3. The highest BCUT2D eigenvalue weighted by molar-refractivity contribution is 7.89. The maximum Gasteiger partial charge on any atom is 0.251 e. The van der Waals surface area contributed by atoms with Gasteiger partial charge >= 0.3 is 0 Å². The van der Waals surface area contributed by atoms with E-state index in [4.69, 9.17) is 10.5 Å². The summed E-state index contributed by atoms with van der Waals surface area (Å²) in [5.41, 5.74) is 8.60. The number of anilines is 2. The molecule has 16 heteroatoms. The van der Waals surface area contributed by atoms with Gasteiger partial charge in [-0.15, -0.1) is 0 Å². The van der Waals surface area contributed by atoms with Gasteiger partial charge in [0.25, 0.3) is 5.91 Å². The number of phenolic OH excluding ortho intramolecular Hbond substituents is 1. The van der Waals surface area contributed by atoms with Gasteiger partial charge in [-0.1, -0.05) is 6.08 Å². The van der Waals surface area contributed by atoms with E-state index in [9.17, 15) is 32.3 Å². The maximum atomic E-state index is 15.4. The van der Waals surface area contributed by atoms with Gasteiger partial charge in [-0.3, -0.25) is 14.4 Å². The van der Waals surface area contributed by atoms with Crippen LogP contribution >= 0.6 is 0 Å². The number of aromatic amines is 1. The van der Waals surface area contributed by atoms with Crippen molar-refractivity contribution in [2.24, 2.45) is 5.73 Å². The Labute approximate surface area is 298 Å². The zero-order chi connectivity index (χ0) is 37.7. The van der Waals surface area contributed by atoms with Crippen LogP contribution in [0.2, 0.25) is 0 Å². The lowest BCUT2D eigenvalue weighted by Crippen LogP contribution is -2.30. The van der Waals surface area contributed by atoms with E-state index < -0.39 is 39.0 Å². The Bertz CT molecular complexity index is 2190. The number of Topliss-reactive ketones (excluding diaryl/α,β-unsaturated/α-hetero) is 1. The number of rotatable bonds is 14. The number of phenols is 1. The number of aromatic hydroxyl groups is 1. The van der Waals surface area contributed by atoms with Gasteiger partial charge in [0.1, 0.15) is 23.9 Å². The molecule has 3 heterocycles. The Kier molecular flexibility index (Phi) is 11.4. The topological polar surface area (TPSA) is 197 Å². The van der Waals surface area contributed by atoms with Crippen LogP contribution in [0.5, 0.6) is 11.5 Å². The van der Waals surface area contributed by atoms with Crippen LogP contribution in [0.25, 0.3) is 5.57 Å². The molecule has 0 atom stereocenters. The largest absolute Gasteiger partial charge is 0.508 e. The van der Waals surface area contributed by atoms with Crippen molar-refractivity contribution < 1.29 is 41.4 Å². The second kappa shape index (κ2) is 15.7. The highest BCUT2D eigenvalue weighted by Crippen LogP contribution is 2.44. The molecule has 0 spiro atoms. The number of aromatic nitrogens is 2. The van der Waals surface area contributed by atoms with E-state index in [0.29, 0.717) is 47.0 Å². The highest BCUT2D eigenvalue weighted by atomic mass is 32.2. The van der Waals surface area contributed by atoms with E-state index in [-0.39, 0.29) is 66.1 Å². The number of primary amides is 1. The van der Waals surface area contributed by atoms with E-state index in [2.05, 4.69) is 20.6 Å². The van der Waals surface area contributed by atoms with Gasteiger partial charge in [-0.2, -0.15) is 0 Å². The van der Waals surface area contributed by atoms with Crippen LogP contribution in [0.4, 0.5) is 20.3 Å². The van der Waals surface area contributed by atoms with Crippen molar-refractivity contribution in [3.63, 3.8) is 0 Å². The monoisotopic (exact) mass is 736 g/mol. The number of pyridine rings is 1. The van der Waals surface area contributed by atoms with Crippen LogP contribution in [0.3, 0.4) is 0 Å². The lowest BCUT2D eigenvalue weighted by atomic mass is 9.91. The summed E-state index contributed by atoms with van der Waals surface area (Å²) in [4.78, 5) is 45.9. The molecule has 4 aromatic rings. The molecule has 0 bridgehead atoms. The van der Waals surface area contributed by atoms with Crippen LogP contribution in [0.15, 0.2) is 54.9 Å². The fourth-order valence-corrected chi connectivity index (χ4v) is 6.89. The van der Waals surface area contributed by atoms with Crippen molar-refractivity contribution >= 4 is 44.5 Å². The van der Waals surface area contributed by atoms with E-state index in [1.165, 1.54) is 30.0 Å². The molecular weight excluding hydrogens is 698 g/mol. The standard InChI is InChI=1S/C36H38F2N6O7S/c1-4-27-29-11-22(19-52(3,49)50)28(36(48)41-7-8-51-26-10-21(9-25(46)13-26)5-6-40-17-32(39)47)14-31(29)44(35-30(38)12-24(37)16-43-35)18-23-15-42-34(20(2)45)33(23)27/h4,9-16,40,42,46H,5-8,17-19H2,1-3H3,(H2,39,47)(H,41,48)/b27-4-. The van der Waals surface area contributed by atoms with E-state index in [0.717, 1.165) is 18.0 Å². The van der Waals surface area contributed by atoms with Crippen molar-refractivity contribution in [2.75, 3.05) is 37.4 Å². The predicted molar refractivity (Wildman–Crippen MR) is 190 cm³/mol. The van der Waals surface area contributed by atoms with Crippen LogP contribution in [0, 0.1) is 11.6 Å². The van der Waals surface area contributed by atoms with Crippen LogP contribution in [-0.4, -0.2) is 73.6 Å². The number of fused-ring (bicyclic) bond motifs is 2. The molecule has 5 rings (SSSR count). The van der Waals surface area contributed by atoms with Gasteiger partial charge in [0.15, 0.2) is 27.3 Å². The first-order valence-electron chi connectivity index (χ1n) is 16.2. The SMILES string of the molecule is C/C=C1/c2cc(CS(C)(=O)=O)c(C(=O)NCCOc3cc(O)cc(CCNCC(N)=O)c3)cc2N(c2ncc(F)cc2F)Cc2c[nH]c(C(C)=O)c21. The number of hydrogen-bond donors (Lipinski definition) is 5. The molecule has 6 N–H and O–H groups in total. The minimum atomic E-state index is -3.69. The Hall–Kier alpha value is -5.61. The van der Waals surface area contributed by atoms with Crippen molar-refractivity contribution in [1.29, 1.82) is 0 Å². The average Bonchev–Trinajstić information content (AvgIpc) is 3.42. The molecule has 0 fully saturated rings. The summed E-state index contributed by atoms with van der Waals surface area (Å²) in [5, 5.41) is 15.8. The summed E-state index contributed by atoms with van der Waals surface area (Å²) in [6, 6.07) is 8.32. The quantitative estimate of drug-likeness (QED) is 0.0941. The first-order valence-corrected chi connectivity index (χ1v) is 18.3. The van der Waals surface area contributed by atoms with E-state index >= 15 is 4.39 Å². The second-order valence-electron chi connectivity index (χ2n) is 12.3. The molecule has 1 aliphatic heterocycles. The first-order chi connectivity index (χ1) is 24.6. The number of allylic oxidation sites excluding steroid dienone is 1. The van der Waals surface area contributed by atoms with Crippen molar-refractivity contribution in [3.8, 4) is 11.5 Å². The molecule has 274 valence electrons. The third kappa shape index (κ3) is 8.81. The Morgan fingerprint density at radius 2 is 1.90 bits per heavy atom. The summed E-state index contributed by atoms with van der Waals surface area (Å²) in [7, 11) is -3.69. The predicted octanol–water partition coefficient (Wildman–Crippen LogP) is 3.67. The van der Waals surface area contributed by atoms with Gasteiger partial charge in [-0.05, 0) is 66.4 Å². The molecular formula is C36H38F2N6O7S. The number of carbonyl (C=O) groups excluding carboxylic acids is 3. The normalized spacial score (nSPS) is 13.3. The van der Waals surface area contributed by atoms with Gasteiger partial charge in [0.05, 0.1) is 43.0 Å². The summed E-state index contributed by atoms with van der Waals surface area (Å²) in [6.45, 7) is 3.49. The molecule has 0 saturated heterocycles. The number of halogens is 2. The molecule has 2 aromatic carbocycles. The van der Waals surface area contributed by atoms with Gasteiger partial charge in [0.2, 0.25) is 5.91 Å². The van der Waals surface area contributed by atoms with Crippen molar-refractivity contribution in [2.45, 2.75) is 32.6 Å². The molecule has 0 saturated carbocycles. The van der Waals surface area contributed by atoms with E-state index in [1.807, 2.05) is 0 Å². The lowest BCUT2D eigenvalue weighted by molar-refractivity contribution is -0.117. The van der Waals surface area contributed by atoms with Crippen molar-refractivity contribution in [3.05, 3.63) is 106 Å². The zero-order valence-corrected chi connectivity index (χ0v) is 29.5. The minimum absolute atomic E-state index is 0.0148. The van der Waals surface area contributed by atoms with Gasteiger partial charge in [-0.25, -0.2) is 22.2 Å². The van der Waals surface area contributed by atoms with Crippen LogP contribution in [-0.2, 0) is 33.4 Å². The Morgan fingerprint density at radius 1 is 1.13 bits per heavy atom. The number of carbonyl (C=O) groups is 3. The number of ketones is 1. The summed E-state index contributed by atoms with van der Waals surface area (Å²) >= 11 is 0. The minimum Gasteiger partial charge on any atom is -0.508 e. The third-order valence-corrected chi connectivity index (χ3v) is 9.04. The summed E-state index contributed by atoms with van der Waals surface area (Å²) in [5.74, 6) is -3.74. The molecule has 0 unspecified atom stereocenters. The summed E-state index contributed by atoms with van der Waals surface area (Å²) in [6.07, 6.45) is 5.71. The summed E-state index contributed by atoms with van der Waals surface area (Å²) < 4.78 is 60.4. The molecule has 2 aromatic heterocycles. The Balaban J connectivity index is 1.48. The Morgan fingerprint density at radius 3 is 2.58 bits per heavy atom. The molecule has 0 radical (unpaired) electrons. The average molecular weight is 737 g/mol. The lowest BCUT2D eigenvalue weighted by Gasteiger charge is -2.26. The van der Waals surface area contributed by atoms with E-state index in [1.54, 1.807) is 31.3 Å². The number of H-pyrrole nitrogens is 1. The van der Waals surface area contributed by atoms with Gasteiger partial charge in [0, 0.05) is 48.2 Å². The molecule has 1 aliphatic rings. The smallest absolute Gasteiger partial charge is 0.251 e. The van der Waals surface area contributed by atoms with Crippen molar-refractivity contribution in [1.82, 2.24) is 20.6 Å².